The summed E-state index contributed by atoms with van der Waals surface area (Å²) in [5.41, 5.74) is 3.89. The van der Waals surface area contributed by atoms with Crippen LogP contribution in [-0.4, -0.2) is 11.0 Å². The fourth-order valence-electron chi connectivity index (χ4n) is 1.48. The van der Waals surface area contributed by atoms with E-state index in [0.29, 0.717) is 4.47 Å². The Hall–Kier alpha value is -0.680. The predicted octanol–water partition coefficient (Wildman–Crippen LogP) is 2.35. The number of halogens is 3. The fourth-order valence-corrected chi connectivity index (χ4v) is 1.83. The van der Waals surface area contributed by atoms with E-state index in [1.165, 1.54) is 12.1 Å². The van der Waals surface area contributed by atoms with Gasteiger partial charge in [0.1, 0.15) is 11.3 Å². The lowest BCUT2D eigenvalue weighted by Gasteiger charge is -2.12. The van der Waals surface area contributed by atoms with Gasteiger partial charge in [-0.1, -0.05) is 22.0 Å². The average Bonchev–Trinajstić information content (AvgIpc) is 2.50. The Kier molecular flexibility index (Phi) is 1.88. The van der Waals surface area contributed by atoms with E-state index in [-0.39, 0.29) is 11.3 Å². The second kappa shape index (κ2) is 2.67. The van der Waals surface area contributed by atoms with Crippen LogP contribution in [0, 0.1) is 0 Å². The van der Waals surface area contributed by atoms with E-state index in [9.17, 15) is 13.9 Å². The highest BCUT2D eigenvalue weighted by Crippen LogP contribution is 2.59. The molecule has 0 bridgehead atoms. The van der Waals surface area contributed by atoms with Crippen molar-refractivity contribution in [1.29, 1.82) is 0 Å². The molecule has 1 aliphatic rings. The molecule has 1 unspecified atom stereocenters. The molecular formula is C9H8BrF2NO. The normalized spacial score (nSPS) is 28.9. The largest absolute Gasteiger partial charge is 0.508 e. The molecule has 76 valence electrons. The SMILES string of the molecule is NC1(c2ccc(Br)cc2O)CC1(F)F. The van der Waals surface area contributed by atoms with Gasteiger partial charge in [-0.2, -0.15) is 0 Å². The van der Waals surface area contributed by atoms with Gasteiger partial charge in [0.25, 0.3) is 5.92 Å². The van der Waals surface area contributed by atoms with Crippen LogP contribution in [0.2, 0.25) is 0 Å². The van der Waals surface area contributed by atoms with E-state index in [2.05, 4.69) is 15.9 Å². The number of benzene rings is 1. The molecule has 0 amide bonds. The number of hydrogen-bond acceptors (Lipinski definition) is 2. The smallest absolute Gasteiger partial charge is 0.272 e. The molecule has 2 nitrogen and oxygen atoms in total. The summed E-state index contributed by atoms with van der Waals surface area (Å²) >= 11 is 3.12. The molecule has 3 N–H and O–H groups in total. The Balaban J connectivity index is 2.45. The Morgan fingerprint density at radius 3 is 2.43 bits per heavy atom. The highest BCUT2D eigenvalue weighted by Gasteiger charge is 2.70. The minimum Gasteiger partial charge on any atom is -0.508 e. The van der Waals surface area contributed by atoms with Crippen molar-refractivity contribution in [2.75, 3.05) is 0 Å². The third-order valence-corrected chi connectivity index (χ3v) is 2.96. The van der Waals surface area contributed by atoms with Crippen LogP contribution < -0.4 is 5.73 Å². The lowest BCUT2D eigenvalue weighted by Crippen LogP contribution is -2.27. The molecule has 0 radical (unpaired) electrons. The van der Waals surface area contributed by atoms with E-state index >= 15 is 0 Å². The molecule has 1 atom stereocenters. The summed E-state index contributed by atoms with van der Waals surface area (Å²) in [6, 6.07) is 4.36. The number of alkyl halides is 2. The third-order valence-electron chi connectivity index (χ3n) is 2.47. The second-order valence-electron chi connectivity index (χ2n) is 3.51. The lowest BCUT2D eigenvalue weighted by atomic mass is 10.0. The molecule has 0 spiro atoms. The van der Waals surface area contributed by atoms with E-state index in [0.717, 1.165) is 0 Å². The minimum atomic E-state index is -2.90. The van der Waals surface area contributed by atoms with Crippen LogP contribution in [0.1, 0.15) is 12.0 Å². The molecule has 1 aromatic carbocycles. The molecule has 0 aromatic heterocycles. The van der Waals surface area contributed by atoms with Crippen molar-refractivity contribution in [2.45, 2.75) is 17.9 Å². The predicted molar refractivity (Wildman–Crippen MR) is 51.2 cm³/mol. The van der Waals surface area contributed by atoms with Crippen LogP contribution in [0.4, 0.5) is 8.78 Å². The van der Waals surface area contributed by atoms with Crippen molar-refractivity contribution in [3.05, 3.63) is 28.2 Å². The summed E-state index contributed by atoms with van der Waals surface area (Å²) < 4.78 is 26.4. The molecule has 1 saturated carbocycles. The summed E-state index contributed by atoms with van der Waals surface area (Å²) in [6.45, 7) is 0. The molecule has 1 fully saturated rings. The number of rotatable bonds is 1. The molecule has 0 saturated heterocycles. The van der Waals surface area contributed by atoms with Crippen molar-refractivity contribution >= 4 is 15.9 Å². The molecule has 1 aliphatic carbocycles. The number of phenols is 1. The molecule has 0 aliphatic heterocycles. The van der Waals surface area contributed by atoms with E-state index in [4.69, 9.17) is 5.73 Å². The zero-order valence-electron chi connectivity index (χ0n) is 7.10. The van der Waals surface area contributed by atoms with E-state index < -0.39 is 17.9 Å². The summed E-state index contributed by atoms with van der Waals surface area (Å²) in [5.74, 6) is -3.10. The van der Waals surface area contributed by atoms with Crippen LogP contribution in [0.3, 0.4) is 0 Å². The number of phenolic OH excluding ortho intramolecular Hbond substituents is 1. The van der Waals surface area contributed by atoms with Gasteiger partial charge in [-0.3, -0.25) is 0 Å². The van der Waals surface area contributed by atoms with Crippen molar-refractivity contribution in [2.24, 2.45) is 5.73 Å². The molecule has 14 heavy (non-hydrogen) atoms. The Morgan fingerprint density at radius 1 is 1.43 bits per heavy atom. The number of aromatic hydroxyl groups is 1. The fraction of sp³-hybridized carbons (Fsp3) is 0.333. The summed E-state index contributed by atoms with van der Waals surface area (Å²) in [7, 11) is 0. The molecule has 1 aromatic rings. The van der Waals surface area contributed by atoms with Crippen LogP contribution in [0.15, 0.2) is 22.7 Å². The minimum absolute atomic E-state index is 0.103. The van der Waals surface area contributed by atoms with Crippen molar-refractivity contribution in [3.63, 3.8) is 0 Å². The first-order valence-electron chi connectivity index (χ1n) is 4.02. The Morgan fingerprint density at radius 2 is 2.00 bits per heavy atom. The second-order valence-corrected chi connectivity index (χ2v) is 4.43. The number of nitrogens with two attached hydrogens (primary N) is 1. The van der Waals surface area contributed by atoms with Crippen molar-refractivity contribution in [1.82, 2.24) is 0 Å². The van der Waals surface area contributed by atoms with Gasteiger partial charge in [-0.05, 0) is 12.1 Å². The maximum Gasteiger partial charge on any atom is 0.272 e. The first kappa shape index (κ1) is 9.86. The van der Waals surface area contributed by atoms with E-state index in [1.54, 1.807) is 6.07 Å². The van der Waals surface area contributed by atoms with E-state index in [1.807, 2.05) is 0 Å². The highest BCUT2D eigenvalue weighted by atomic mass is 79.9. The van der Waals surface area contributed by atoms with Gasteiger partial charge < -0.3 is 10.8 Å². The van der Waals surface area contributed by atoms with Gasteiger partial charge in [0.2, 0.25) is 0 Å². The zero-order chi connectivity index (χ0) is 10.6. The lowest BCUT2D eigenvalue weighted by molar-refractivity contribution is 0.0884. The van der Waals surface area contributed by atoms with Crippen LogP contribution in [0.5, 0.6) is 5.75 Å². The van der Waals surface area contributed by atoms with Gasteiger partial charge in [0.05, 0.1) is 0 Å². The maximum absolute atomic E-state index is 12.9. The Bertz CT molecular complexity index is 396. The standard InChI is InChI=1S/C9H8BrF2NO/c10-5-1-2-6(7(14)3-5)8(13)4-9(8,11)12/h1-3,14H,4,13H2. The van der Waals surface area contributed by atoms with Gasteiger partial charge in [0.15, 0.2) is 0 Å². The first-order valence-corrected chi connectivity index (χ1v) is 4.82. The molecule has 2 rings (SSSR count). The molecular weight excluding hydrogens is 256 g/mol. The quantitative estimate of drug-likeness (QED) is 0.817. The third kappa shape index (κ3) is 1.23. The monoisotopic (exact) mass is 263 g/mol. The first-order chi connectivity index (χ1) is 6.37. The van der Waals surface area contributed by atoms with Crippen LogP contribution in [0.25, 0.3) is 0 Å². The van der Waals surface area contributed by atoms with Gasteiger partial charge in [0, 0.05) is 16.5 Å². The van der Waals surface area contributed by atoms with Gasteiger partial charge in [-0.25, -0.2) is 8.78 Å². The Labute approximate surface area is 87.9 Å². The highest BCUT2D eigenvalue weighted by molar-refractivity contribution is 9.10. The number of hydrogen-bond donors (Lipinski definition) is 2. The van der Waals surface area contributed by atoms with Gasteiger partial charge in [-0.15, -0.1) is 0 Å². The molecule has 5 heteroatoms. The summed E-state index contributed by atoms with van der Waals surface area (Å²) in [6.07, 6.45) is -0.408. The van der Waals surface area contributed by atoms with Crippen LogP contribution >= 0.6 is 15.9 Å². The molecule has 0 heterocycles. The van der Waals surface area contributed by atoms with Crippen molar-refractivity contribution in [3.8, 4) is 5.75 Å². The van der Waals surface area contributed by atoms with Crippen LogP contribution in [-0.2, 0) is 5.54 Å². The maximum atomic E-state index is 12.9. The van der Waals surface area contributed by atoms with Crippen molar-refractivity contribution < 1.29 is 13.9 Å². The topological polar surface area (TPSA) is 46.2 Å². The summed E-state index contributed by atoms with van der Waals surface area (Å²) in [5, 5.41) is 9.46. The average molecular weight is 264 g/mol. The zero-order valence-corrected chi connectivity index (χ0v) is 8.68. The summed E-state index contributed by atoms with van der Waals surface area (Å²) in [4.78, 5) is 0. The van der Waals surface area contributed by atoms with Gasteiger partial charge >= 0.3 is 0 Å².